The molecule has 0 fully saturated rings. The van der Waals surface area contributed by atoms with Gasteiger partial charge in [0.05, 0.1) is 13.2 Å². The van der Waals surface area contributed by atoms with E-state index in [9.17, 15) is 4.79 Å². The zero-order valence-corrected chi connectivity index (χ0v) is 8.31. The second-order valence-corrected chi connectivity index (χ2v) is 3.16. The Labute approximate surface area is 83.5 Å². The van der Waals surface area contributed by atoms with Crippen molar-refractivity contribution in [2.24, 2.45) is 0 Å². The van der Waals surface area contributed by atoms with Crippen LogP contribution in [0.4, 0.5) is 0 Å². The molecule has 1 aliphatic heterocycles. The Hall–Kier alpha value is -0.710. The fourth-order valence-electron chi connectivity index (χ4n) is 1.13. The molecule has 4 nitrogen and oxygen atoms in total. The van der Waals surface area contributed by atoms with E-state index in [4.69, 9.17) is 14.6 Å². The summed E-state index contributed by atoms with van der Waals surface area (Å²) in [6.45, 7) is 2.38. The molecule has 0 aromatic heterocycles. The van der Waals surface area contributed by atoms with Gasteiger partial charge in [-0.3, -0.25) is 4.79 Å². The summed E-state index contributed by atoms with van der Waals surface area (Å²) in [5, 5.41) is 8.82. The molecule has 1 heterocycles. The van der Waals surface area contributed by atoms with Crippen LogP contribution in [0.15, 0.2) is 12.2 Å². The van der Waals surface area contributed by atoms with Crippen molar-refractivity contribution in [2.75, 3.05) is 13.2 Å². The van der Waals surface area contributed by atoms with E-state index in [-0.39, 0.29) is 12.4 Å². The summed E-state index contributed by atoms with van der Waals surface area (Å²) < 4.78 is 10.5. The maximum atomic E-state index is 11.1. The number of carbonyl (C=O) groups excluding carboxylic acids is 1. The molecule has 0 bridgehead atoms. The van der Waals surface area contributed by atoms with E-state index in [1.54, 1.807) is 6.08 Å². The zero-order chi connectivity index (χ0) is 10.4. The molecule has 1 rings (SSSR count). The first kappa shape index (κ1) is 11.4. The van der Waals surface area contributed by atoms with E-state index in [1.165, 1.54) is 6.08 Å². The summed E-state index contributed by atoms with van der Waals surface area (Å²) in [4.78, 5) is 11.1. The van der Waals surface area contributed by atoms with Gasteiger partial charge < -0.3 is 14.6 Å². The molecule has 0 aromatic carbocycles. The minimum Gasteiger partial charge on any atom is -0.393 e. The van der Waals surface area contributed by atoms with Gasteiger partial charge in [-0.1, -0.05) is 13.3 Å². The average molecular weight is 200 g/mol. The van der Waals surface area contributed by atoms with Crippen molar-refractivity contribution in [1.29, 1.82) is 0 Å². The normalized spacial score (nSPS) is 26.9. The Balaban J connectivity index is 2.34. The standard InChI is InChI=1S/C10H16O4/c1-2-3-6-13-10-5-4-8(12)9(7-11)14-10/h4-5,9-11H,2-3,6-7H2,1H3/t9-,10+/m1/s1. The molecule has 80 valence electrons. The molecule has 0 radical (unpaired) electrons. The van der Waals surface area contributed by atoms with Crippen molar-refractivity contribution < 1.29 is 19.4 Å². The number of unbranched alkanes of at least 4 members (excludes halogenated alkanes) is 1. The molecule has 1 aliphatic rings. The topological polar surface area (TPSA) is 55.8 Å². The first-order chi connectivity index (χ1) is 6.77. The number of aliphatic hydroxyl groups is 1. The summed E-state index contributed by atoms with van der Waals surface area (Å²) in [5.74, 6) is -0.206. The van der Waals surface area contributed by atoms with Gasteiger partial charge in [-0.15, -0.1) is 0 Å². The Bertz CT molecular complexity index is 212. The first-order valence-electron chi connectivity index (χ1n) is 4.88. The molecule has 0 aromatic rings. The predicted molar refractivity (Wildman–Crippen MR) is 50.8 cm³/mol. The monoisotopic (exact) mass is 200 g/mol. The van der Waals surface area contributed by atoms with E-state index in [1.807, 2.05) is 0 Å². The van der Waals surface area contributed by atoms with Crippen LogP contribution in [0.2, 0.25) is 0 Å². The van der Waals surface area contributed by atoms with E-state index in [0.29, 0.717) is 6.61 Å². The third-order valence-electron chi connectivity index (χ3n) is 1.98. The molecule has 2 atom stereocenters. The Morgan fingerprint density at radius 3 is 3.07 bits per heavy atom. The van der Waals surface area contributed by atoms with Gasteiger partial charge in [-0.05, 0) is 18.6 Å². The molecule has 1 N–H and O–H groups in total. The highest BCUT2D eigenvalue weighted by atomic mass is 16.7. The fraction of sp³-hybridized carbons (Fsp3) is 0.700. The number of rotatable bonds is 5. The van der Waals surface area contributed by atoms with Crippen LogP contribution in [0.3, 0.4) is 0 Å². The molecule has 0 spiro atoms. The van der Waals surface area contributed by atoms with Crippen molar-refractivity contribution in [3.8, 4) is 0 Å². The van der Waals surface area contributed by atoms with Gasteiger partial charge in [-0.25, -0.2) is 0 Å². The van der Waals surface area contributed by atoms with Crippen LogP contribution < -0.4 is 0 Å². The van der Waals surface area contributed by atoms with Crippen molar-refractivity contribution in [3.63, 3.8) is 0 Å². The van der Waals surface area contributed by atoms with Gasteiger partial charge in [0.15, 0.2) is 12.1 Å². The zero-order valence-electron chi connectivity index (χ0n) is 8.31. The van der Waals surface area contributed by atoms with Crippen molar-refractivity contribution in [3.05, 3.63) is 12.2 Å². The molecule has 0 unspecified atom stereocenters. The van der Waals surface area contributed by atoms with E-state index >= 15 is 0 Å². The quantitative estimate of drug-likeness (QED) is 0.662. The third kappa shape index (κ3) is 3.21. The molecule has 0 amide bonds. The predicted octanol–water partition coefficient (Wildman–Crippen LogP) is 0.646. The minimum atomic E-state index is -0.758. The largest absolute Gasteiger partial charge is 0.393 e. The van der Waals surface area contributed by atoms with Crippen molar-refractivity contribution >= 4 is 5.78 Å². The van der Waals surface area contributed by atoms with Crippen LogP contribution in [0, 0.1) is 0 Å². The highest BCUT2D eigenvalue weighted by Gasteiger charge is 2.24. The van der Waals surface area contributed by atoms with Crippen LogP contribution in [-0.4, -0.2) is 36.5 Å². The lowest BCUT2D eigenvalue weighted by Gasteiger charge is -2.23. The molecule has 0 saturated heterocycles. The minimum absolute atomic E-state index is 0.206. The van der Waals surface area contributed by atoms with Crippen molar-refractivity contribution in [1.82, 2.24) is 0 Å². The Morgan fingerprint density at radius 2 is 2.43 bits per heavy atom. The van der Waals surface area contributed by atoms with Crippen LogP contribution in [0.5, 0.6) is 0 Å². The van der Waals surface area contributed by atoms with Gasteiger partial charge in [0, 0.05) is 0 Å². The number of hydrogen-bond acceptors (Lipinski definition) is 4. The van der Waals surface area contributed by atoms with Gasteiger partial charge >= 0.3 is 0 Å². The lowest BCUT2D eigenvalue weighted by atomic mass is 10.2. The Morgan fingerprint density at radius 1 is 1.64 bits per heavy atom. The molecule has 0 saturated carbocycles. The van der Waals surface area contributed by atoms with Gasteiger partial charge in [0.1, 0.15) is 6.10 Å². The van der Waals surface area contributed by atoms with Gasteiger partial charge in [0.25, 0.3) is 0 Å². The average Bonchev–Trinajstić information content (AvgIpc) is 2.21. The lowest BCUT2D eigenvalue weighted by molar-refractivity contribution is -0.168. The summed E-state index contributed by atoms with van der Waals surface area (Å²) in [5.41, 5.74) is 0. The third-order valence-corrected chi connectivity index (χ3v) is 1.98. The molecular formula is C10H16O4. The second kappa shape index (κ2) is 5.90. The summed E-state index contributed by atoms with van der Waals surface area (Å²) in [6.07, 6.45) is 3.75. The number of ether oxygens (including phenoxy) is 2. The smallest absolute Gasteiger partial charge is 0.186 e. The molecule has 14 heavy (non-hydrogen) atoms. The highest BCUT2D eigenvalue weighted by Crippen LogP contribution is 2.10. The van der Waals surface area contributed by atoms with Gasteiger partial charge in [0.2, 0.25) is 0 Å². The van der Waals surface area contributed by atoms with Crippen LogP contribution in [0.1, 0.15) is 19.8 Å². The maximum absolute atomic E-state index is 11.1. The van der Waals surface area contributed by atoms with Crippen LogP contribution in [-0.2, 0) is 14.3 Å². The number of aliphatic hydroxyl groups excluding tert-OH is 1. The fourth-order valence-corrected chi connectivity index (χ4v) is 1.13. The summed E-state index contributed by atoms with van der Waals surface area (Å²) in [7, 11) is 0. The molecular weight excluding hydrogens is 184 g/mol. The van der Waals surface area contributed by atoms with E-state index in [0.717, 1.165) is 12.8 Å². The maximum Gasteiger partial charge on any atom is 0.186 e. The second-order valence-electron chi connectivity index (χ2n) is 3.16. The number of ketones is 1. The van der Waals surface area contributed by atoms with Crippen LogP contribution in [0.25, 0.3) is 0 Å². The van der Waals surface area contributed by atoms with Crippen LogP contribution >= 0.6 is 0 Å². The number of carbonyl (C=O) groups is 1. The Kier molecular flexibility index (Phi) is 4.79. The van der Waals surface area contributed by atoms with E-state index < -0.39 is 12.4 Å². The lowest BCUT2D eigenvalue weighted by Crippen LogP contribution is -2.35. The van der Waals surface area contributed by atoms with E-state index in [2.05, 4.69) is 6.92 Å². The SMILES string of the molecule is CCCCO[C@@H]1C=CC(=O)[C@@H](CO)O1. The molecule has 0 aliphatic carbocycles. The first-order valence-corrected chi connectivity index (χ1v) is 4.88. The van der Waals surface area contributed by atoms with Gasteiger partial charge in [-0.2, -0.15) is 0 Å². The number of hydrogen-bond donors (Lipinski definition) is 1. The summed E-state index contributed by atoms with van der Waals surface area (Å²) >= 11 is 0. The van der Waals surface area contributed by atoms with Crippen molar-refractivity contribution in [2.45, 2.75) is 32.2 Å². The molecule has 4 heteroatoms. The summed E-state index contributed by atoms with van der Waals surface area (Å²) in [6, 6.07) is 0. The highest BCUT2D eigenvalue weighted by molar-refractivity contribution is 5.94.